The Balaban J connectivity index is 2.46. The SMILES string of the molecule is CC(C(=O)ONC(=O)OC(C)(C)C)c1ccccc1. The monoisotopic (exact) mass is 265 g/mol. The number of ether oxygens (including phenoxy) is 1. The van der Waals surface area contributed by atoms with Crippen molar-refractivity contribution in [1.29, 1.82) is 0 Å². The van der Waals surface area contributed by atoms with E-state index in [9.17, 15) is 9.59 Å². The summed E-state index contributed by atoms with van der Waals surface area (Å²) >= 11 is 0. The van der Waals surface area contributed by atoms with Gasteiger partial charge in [0.05, 0.1) is 5.92 Å². The summed E-state index contributed by atoms with van der Waals surface area (Å²) in [5.41, 5.74) is 2.16. The molecule has 0 fully saturated rings. The minimum Gasteiger partial charge on any atom is -0.442 e. The highest BCUT2D eigenvalue weighted by Crippen LogP contribution is 2.15. The minimum atomic E-state index is -0.791. The second-order valence-corrected chi connectivity index (χ2v) is 5.16. The average Bonchev–Trinajstić information content (AvgIpc) is 2.34. The third-order valence-electron chi connectivity index (χ3n) is 2.29. The van der Waals surface area contributed by atoms with E-state index in [1.807, 2.05) is 35.8 Å². The summed E-state index contributed by atoms with van der Waals surface area (Å²) in [6.07, 6.45) is -0.791. The van der Waals surface area contributed by atoms with Gasteiger partial charge < -0.3 is 9.57 Å². The minimum absolute atomic E-state index is 0.462. The molecular weight excluding hydrogens is 246 g/mol. The molecule has 5 nitrogen and oxygen atoms in total. The van der Waals surface area contributed by atoms with E-state index in [0.717, 1.165) is 5.56 Å². The standard InChI is InChI=1S/C14H19NO4/c1-10(11-8-6-5-7-9-11)12(16)19-15-13(17)18-14(2,3)4/h5-10H,1-4H3,(H,15,17). The van der Waals surface area contributed by atoms with Crippen LogP contribution in [0.3, 0.4) is 0 Å². The summed E-state index contributed by atoms with van der Waals surface area (Å²) in [5, 5.41) is 0. The van der Waals surface area contributed by atoms with E-state index in [4.69, 9.17) is 9.57 Å². The smallest absolute Gasteiger partial charge is 0.441 e. The molecule has 0 aliphatic heterocycles. The van der Waals surface area contributed by atoms with Crippen molar-refractivity contribution >= 4 is 12.1 Å². The predicted molar refractivity (Wildman–Crippen MR) is 70.3 cm³/mol. The van der Waals surface area contributed by atoms with E-state index >= 15 is 0 Å². The fourth-order valence-electron chi connectivity index (χ4n) is 1.36. The summed E-state index contributed by atoms with van der Waals surface area (Å²) in [6, 6.07) is 9.17. The predicted octanol–water partition coefficient (Wildman–Crippen LogP) is 2.77. The van der Waals surface area contributed by atoms with E-state index in [2.05, 4.69) is 0 Å². The van der Waals surface area contributed by atoms with Crippen molar-refractivity contribution in [2.24, 2.45) is 0 Å². The van der Waals surface area contributed by atoms with E-state index in [0.29, 0.717) is 0 Å². The first-order chi connectivity index (χ1) is 8.79. The van der Waals surface area contributed by atoms with E-state index in [-0.39, 0.29) is 0 Å². The second-order valence-electron chi connectivity index (χ2n) is 5.16. The first kappa shape index (κ1) is 15.0. The maximum absolute atomic E-state index is 11.7. The highest BCUT2D eigenvalue weighted by molar-refractivity contribution is 5.79. The van der Waals surface area contributed by atoms with Gasteiger partial charge in [0.15, 0.2) is 0 Å². The van der Waals surface area contributed by atoms with Gasteiger partial charge in [0, 0.05) is 0 Å². The Hall–Kier alpha value is -2.04. The van der Waals surface area contributed by atoms with Crippen molar-refractivity contribution in [1.82, 2.24) is 5.48 Å². The van der Waals surface area contributed by atoms with Gasteiger partial charge in [0.25, 0.3) is 0 Å². The van der Waals surface area contributed by atoms with Gasteiger partial charge in [0.1, 0.15) is 5.60 Å². The number of amides is 1. The first-order valence-corrected chi connectivity index (χ1v) is 6.04. The van der Waals surface area contributed by atoms with E-state index in [1.54, 1.807) is 27.7 Å². The molecule has 1 N–H and O–H groups in total. The van der Waals surface area contributed by atoms with Crippen molar-refractivity contribution < 1.29 is 19.2 Å². The molecule has 0 saturated carbocycles. The summed E-state index contributed by atoms with van der Waals surface area (Å²) in [4.78, 5) is 27.7. The number of carbonyl (C=O) groups is 2. The number of hydrogen-bond acceptors (Lipinski definition) is 4. The highest BCUT2D eigenvalue weighted by atomic mass is 16.7. The van der Waals surface area contributed by atoms with Crippen molar-refractivity contribution in [3.05, 3.63) is 35.9 Å². The molecule has 0 spiro atoms. The van der Waals surface area contributed by atoms with Crippen LogP contribution in [0.5, 0.6) is 0 Å². The molecule has 1 atom stereocenters. The van der Waals surface area contributed by atoms with Crippen LogP contribution in [0.1, 0.15) is 39.2 Å². The summed E-state index contributed by atoms with van der Waals surface area (Å²) in [7, 11) is 0. The molecule has 19 heavy (non-hydrogen) atoms. The van der Waals surface area contributed by atoms with Gasteiger partial charge >= 0.3 is 12.1 Å². The van der Waals surface area contributed by atoms with Gasteiger partial charge in [-0.25, -0.2) is 9.59 Å². The lowest BCUT2D eigenvalue weighted by Gasteiger charge is -2.19. The molecule has 5 heteroatoms. The van der Waals surface area contributed by atoms with Gasteiger partial charge in [-0.15, -0.1) is 5.48 Å². The van der Waals surface area contributed by atoms with Crippen molar-refractivity contribution in [3.63, 3.8) is 0 Å². The Labute approximate surface area is 112 Å². The van der Waals surface area contributed by atoms with Crippen LogP contribution in [0.25, 0.3) is 0 Å². The van der Waals surface area contributed by atoms with Crippen LogP contribution >= 0.6 is 0 Å². The quantitative estimate of drug-likeness (QED) is 0.835. The van der Waals surface area contributed by atoms with Crippen LogP contribution in [-0.4, -0.2) is 17.7 Å². The van der Waals surface area contributed by atoms with Gasteiger partial charge in [-0.2, -0.15) is 0 Å². The van der Waals surface area contributed by atoms with Crippen LogP contribution in [-0.2, 0) is 14.4 Å². The molecule has 0 aromatic heterocycles. The molecule has 0 saturated heterocycles. The third kappa shape index (κ3) is 5.42. The maximum atomic E-state index is 11.7. The van der Waals surface area contributed by atoms with Gasteiger partial charge in [0.2, 0.25) is 0 Å². The summed E-state index contributed by atoms with van der Waals surface area (Å²) < 4.78 is 4.95. The van der Waals surface area contributed by atoms with Crippen LogP contribution in [0.2, 0.25) is 0 Å². The number of hydroxylamine groups is 1. The molecule has 1 amide bonds. The number of nitrogens with one attached hydrogen (secondary N) is 1. The van der Waals surface area contributed by atoms with Gasteiger partial charge in [-0.3, -0.25) is 0 Å². The largest absolute Gasteiger partial charge is 0.442 e. The molecule has 0 heterocycles. The Morgan fingerprint density at radius 2 is 1.74 bits per heavy atom. The van der Waals surface area contributed by atoms with Crippen molar-refractivity contribution in [3.8, 4) is 0 Å². The van der Waals surface area contributed by atoms with E-state index < -0.39 is 23.6 Å². The molecule has 1 rings (SSSR count). The van der Waals surface area contributed by atoms with E-state index in [1.165, 1.54) is 0 Å². The molecule has 1 aromatic carbocycles. The third-order valence-corrected chi connectivity index (χ3v) is 2.29. The zero-order chi connectivity index (χ0) is 14.5. The Morgan fingerprint density at radius 1 is 1.16 bits per heavy atom. The van der Waals surface area contributed by atoms with Crippen molar-refractivity contribution in [2.45, 2.75) is 39.2 Å². The molecule has 0 aliphatic carbocycles. The lowest BCUT2D eigenvalue weighted by Crippen LogP contribution is -2.34. The second kappa shape index (κ2) is 6.22. The topological polar surface area (TPSA) is 64.6 Å². The Kier molecular flexibility index (Phi) is 4.92. The van der Waals surface area contributed by atoms with Crippen LogP contribution in [0.4, 0.5) is 4.79 Å². The summed E-state index contributed by atoms with van der Waals surface area (Å²) in [5.74, 6) is -1.01. The molecular formula is C14H19NO4. The van der Waals surface area contributed by atoms with Crippen molar-refractivity contribution in [2.75, 3.05) is 0 Å². The Morgan fingerprint density at radius 3 is 2.26 bits per heavy atom. The lowest BCUT2D eigenvalue weighted by atomic mass is 10.0. The highest BCUT2D eigenvalue weighted by Gasteiger charge is 2.20. The molecule has 0 radical (unpaired) electrons. The van der Waals surface area contributed by atoms with Crippen LogP contribution in [0, 0.1) is 0 Å². The number of hydrogen-bond donors (Lipinski definition) is 1. The molecule has 0 aliphatic rings. The Bertz CT molecular complexity index is 437. The van der Waals surface area contributed by atoms with Gasteiger partial charge in [-0.05, 0) is 33.3 Å². The zero-order valence-corrected chi connectivity index (χ0v) is 11.6. The molecule has 0 bridgehead atoms. The first-order valence-electron chi connectivity index (χ1n) is 6.04. The summed E-state index contributed by atoms with van der Waals surface area (Å²) in [6.45, 7) is 6.87. The van der Waals surface area contributed by atoms with Crippen LogP contribution in [0.15, 0.2) is 30.3 Å². The fraction of sp³-hybridized carbons (Fsp3) is 0.429. The zero-order valence-electron chi connectivity index (χ0n) is 11.6. The average molecular weight is 265 g/mol. The maximum Gasteiger partial charge on any atom is 0.441 e. The molecule has 104 valence electrons. The number of rotatable bonds is 2. The fourth-order valence-corrected chi connectivity index (χ4v) is 1.36. The number of benzene rings is 1. The molecule has 1 aromatic rings. The normalized spacial score (nSPS) is 12.4. The lowest BCUT2D eigenvalue weighted by molar-refractivity contribution is -0.152. The number of carbonyl (C=O) groups excluding carboxylic acids is 2. The molecule has 1 unspecified atom stereocenters. The van der Waals surface area contributed by atoms with Gasteiger partial charge in [-0.1, -0.05) is 30.3 Å². The van der Waals surface area contributed by atoms with Crippen LogP contribution < -0.4 is 5.48 Å².